The molecule has 100 valence electrons. The summed E-state index contributed by atoms with van der Waals surface area (Å²) in [6, 6.07) is 11.1. The minimum absolute atomic E-state index is 0.448. The van der Waals surface area contributed by atoms with Crippen LogP contribution >= 0.6 is 0 Å². The molecule has 0 aliphatic carbocycles. The largest absolute Gasteiger partial charge is 0.386 e. The van der Waals surface area contributed by atoms with Gasteiger partial charge in [0.1, 0.15) is 0 Å². The van der Waals surface area contributed by atoms with Crippen molar-refractivity contribution < 1.29 is 0 Å². The first-order valence-corrected chi connectivity index (χ1v) is 7.12. The molecule has 18 heavy (non-hydrogen) atoms. The quantitative estimate of drug-likeness (QED) is 0.708. The highest BCUT2D eigenvalue weighted by Crippen LogP contribution is 2.15. The Balaban J connectivity index is 2.35. The van der Waals surface area contributed by atoms with E-state index in [4.69, 9.17) is 0 Å². The third-order valence-electron chi connectivity index (χ3n) is 3.40. The average molecular weight is 245 g/mol. The van der Waals surface area contributed by atoms with Crippen molar-refractivity contribution in [3.63, 3.8) is 0 Å². The van der Waals surface area contributed by atoms with E-state index < -0.39 is 0 Å². The fourth-order valence-electron chi connectivity index (χ4n) is 2.16. The highest BCUT2D eigenvalue weighted by atomic mass is 14.9. The highest BCUT2D eigenvalue weighted by molar-refractivity contribution is 5.16. The minimum atomic E-state index is 0.448. The molecule has 0 radical (unpaired) electrons. The molecular formula is C17H27N. The molecule has 1 aromatic rings. The van der Waals surface area contributed by atoms with Gasteiger partial charge in [-0.1, -0.05) is 63.6 Å². The SMILES string of the molecule is C=C(NC(C)Cc1ccccc1)C(C)CCCC. The van der Waals surface area contributed by atoms with Crippen LogP contribution in [0.1, 0.15) is 45.6 Å². The normalized spacial score (nSPS) is 13.9. The lowest BCUT2D eigenvalue weighted by atomic mass is 10.00. The molecule has 0 heterocycles. The smallest absolute Gasteiger partial charge is 0.0270 e. The average Bonchev–Trinajstić information content (AvgIpc) is 2.36. The first kappa shape index (κ1) is 14.8. The Bertz CT molecular complexity index is 342. The van der Waals surface area contributed by atoms with Crippen molar-refractivity contribution in [3.05, 3.63) is 48.2 Å². The van der Waals surface area contributed by atoms with Crippen LogP contribution in [0.25, 0.3) is 0 Å². The number of benzene rings is 1. The predicted molar refractivity (Wildman–Crippen MR) is 80.6 cm³/mol. The van der Waals surface area contributed by atoms with Crippen molar-refractivity contribution in [3.8, 4) is 0 Å². The number of unbranched alkanes of at least 4 members (excludes halogenated alkanes) is 1. The van der Waals surface area contributed by atoms with Crippen molar-refractivity contribution in [2.24, 2.45) is 5.92 Å². The van der Waals surface area contributed by atoms with E-state index in [-0.39, 0.29) is 0 Å². The topological polar surface area (TPSA) is 12.0 Å². The van der Waals surface area contributed by atoms with Gasteiger partial charge in [-0.25, -0.2) is 0 Å². The van der Waals surface area contributed by atoms with Gasteiger partial charge in [0.25, 0.3) is 0 Å². The maximum atomic E-state index is 4.18. The molecule has 0 bridgehead atoms. The van der Waals surface area contributed by atoms with Crippen molar-refractivity contribution in [2.75, 3.05) is 0 Å². The van der Waals surface area contributed by atoms with Gasteiger partial charge >= 0.3 is 0 Å². The molecular weight excluding hydrogens is 218 g/mol. The van der Waals surface area contributed by atoms with Crippen LogP contribution in [0.3, 0.4) is 0 Å². The Morgan fingerprint density at radius 2 is 1.89 bits per heavy atom. The van der Waals surface area contributed by atoms with Gasteiger partial charge in [-0.2, -0.15) is 0 Å². The Morgan fingerprint density at radius 1 is 1.22 bits per heavy atom. The summed E-state index contributed by atoms with van der Waals surface area (Å²) in [4.78, 5) is 0. The lowest BCUT2D eigenvalue weighted by Crippen LogP contribution is -2.29. The van der Waals surface area contributed by atoms with Crippen LogP contribution in [0.2, 0.25) is 0 Å². The van der Waals surface area contributed by atoms with Crippen LogP contribution in [0, 0.1) is 5.92 Å². The van der Waals surface area contributed by atoms with Gasteiger partial charge in [-0.3, -0.25) is 0 Å². The second-order valence-electron chi connectivity index (χ2n) is 5.30. The van der Waals surface area contributed by atoms with Crippen molar-refractivity contribution in [1.29, 1.82) is 0 Å². The Morgan fingerprint density at radius 3 is 2.50 bits per heavy atom. The van der Waals surface area contributed by atoms with Crippen LogP contribution in [-0.2, 0) is 6.42 Å². The van der Waals surface area contributed by atoms with Gasteiger partial charge in [-0.15, -0.1) is 0 Å². The third kappa shape index (κ3) is 5.39. The second-order valence-corrected chi connectivity index (χ2v) is 5.30. The zero-order valence-electron chi connectivity index (χ0n) is 12.1. The van der Waals surface area contributed by atoms with Crippen LogP contribution in [0.15, 0.2) is 42.6 Å². The zero-order chi connectivity index (χ0) is 13.4. The molecule has 2 atom stereocenters. The number of rotatable bonds is 8. The van der Waals surface area contributed by atoms with E-state index in [1.807, 2.05) is 0 Å². The molecule has 0 fully saturated rings. The number of allylic oxidation sites excluding steroid dienone is 1. The maximum absolute atomic E-state index is 4.18. The van der Waals surface area contributed by atoms with Gasteiger partial charge in [0.15, 0.2) is 0 Å². The summed E-state index contributed by atoms with van der Waals surface area (Å²) in [7, 11) is 0. The van der Waals surface area contributed by atoms with E-state index in [9.17, 15) is 0 Å². The molecule has 0 saturated carbocycles. The molecule has 0 aromatic heterocycles. The Kier molecular flexibility index (Phi) is 6.56. The zero-order valence-corrected chi connectivity index (χ0v) is 12.1. The number of nitrogens with one attached hydrogen (secondary N) is 1. The molecule has 0 amide bonds. The Hall–Kier alpha value is -1.24. The van der Waals surface area contributed by atoms with E-state index in [1.54, 1.807) is 0 Å². The van der Waals surface area contributed by atoms with E-state index in [0.717, 1.165) is 6.42 Å². The summed E-state index contributed by atoms with van der Waals surface area (Å²) in [5, 5.41) is 3.54. The molecule has 2 unspecified atom stereocenters. The van der Waals surface area contributed by atoms with E-state index in [0.29, 0.717) is 12.0 Å². The van der Waals surface area contributed by atoms with Crippen LogP contribution in [-0.4, -0.2) is 6.04 Å². The monoisotopic (exact) mass is 245 g/mol. The molecule has 0 aliphatic rings. The highest BCUT2D eigenvalue weighted by Gasteiger charge is 2.09. The van der Waals surface area contributed by atoms with E-state index in [1.165, 1.54) is 30.5 Å². The summed E-state index contributed by atoms with van der Waals surface area (Å²) < 4.78 is 0. The van der Waals surface area contributed by atoms with Gasteiger partial charge in [0, 0.05) is 11.7 Å². The molecule has 1 aromatic carbocycles. The lowest BCUT2D eigenvalue weighted by molar-refractivity contribution is 0.499. The molecule has 1 nitrogen and oxygen atoms in total. The summed E-state index contributed by atoms with van der Waals surface area (Å²) in [5.74, 6) is 0.572. The fourth-order valence-corrected chi connectivity index (χ4v) is 2.16. The van der Waals surface area contributed by atoms with Crippen molar-refractivity contribution in [2.45, 2.75) is 52.5 Å². The minimum Gasteiger partial charge on any atom is -0.386 e. The van der Waals surface area contributed by atoms with Crippen molar-refractivity contribution >= 4 is 0 Å². The fraction of sp³-hybridized carbons (Fsp3) is 0.529. The van der Waals surface area contributed by atoms with Crippen LogP contribution in [0.5, 0.6) is 0 Å². The molecule has 0 aliphatic heterocycles. The third-order valence-corrected chi connectivity index (χ3v) is 3.40. The first-order valence-electron chi connectivity index (χ1n) is 7.12. The van der Waals surface area contributed by atoms with E-state index >= 15 is 0 Å². The molecule has 1 heteroatoms. The number of hydrogen-bond donors (Lipinski definition) is 1. The maximum Gasteiger partial charge on any atom is 0.0270 e. The lowest BCUT2D eigenvalue weighted by Gasteiger charge is -2.21. The summed E-state index contributed by atoms with van der Waals surface area (Å²) in [6.07, 6.45) is 4.84. The molecule has 1 rings (SSSR count). The van der Waals surface area contributed by atoms with Gasteiger partial charge in [-0.05, 0) is 31.2 Å². The predicted octanol–water partition coefficient (Wildman–Crippen LogP) is 4.55. The first-order chi connectivity index (χ1) is 8.63. The van der Waals surface area contributed by atoms with Gasteiger partial charge in [0.2, 0.25) is 0 Å². The Labute approximate surface area is 112 Å². The van der Waals surface area contributed by atoms with Crippen molar-refractivity contribution in [1.82, 2.24) is 5.32 Å². The van der Waals surface area contributed by atoms with Crippen LogP contribution in [0.4, 0.5) is 0 Å². The summed E-state index contributed by atoms with van der Waals surface area (Å²) >= 11 is 0. The van der Waals surface area contributed by atoms with Gasteiger partial charge < -0.3 is 5.32 Å². The van der Waals surface area contributed by atoms with Crippen LogP contribution < -0.4 is 5.32 Å². The summed E-state index contributed by atoms with van der Waals surface area (Å²) in [5.41, 5.74) is 2.57. The van der Waals surface area contributed by atoms with Gasteiger partial charge in [0.05, 0.1) is 0 Å². The van der Waals surface area contributed by atoms with E-state index in [2.05, 4.69) is 63.0 Å². The standard InChI is InChI=1S/C17H27N/c1-5-6-10-14(2)16(4)18-15(3)13-17-11-8-7-9-12-17/h7-9,11-12,14-15,18H,4-6,10,13H2,1-3H3. The second kappa shape index (κ2) is 7.97. The number of hydrogen-bond acceptors (Lipinski definition) is 1. The molecule has 0 saturated heterocycles. The molecule has 0 spiro atoms. The molecule has 1 N–H and O–H groups in total. The summed E-state index contributed by atoms with van der Waals surface area (Å²) in [6.45, 7) is 10.9.